The van der Waals surface area contributed by atoms with Gasteiger partial charge < -0.3 is 5.11 Å². The van der Waals surface area contributed by atoms with Gasteiger partial charge in [-0.1, -0.05) is 70.7 Å². The maximum absolute atomic E-state index is 11.7. The maximum atomic E-state index is 11.7. The summed E-state index contributed by atoms with van der Waals surface area (Å²) in [6.07, 6.45) is 12.7. The van der Waals surface area contributed by atoms with E-state index in [0.29, 0.717) is 5.92 Å². The Kier molecular flexibility index (Phi) is 12.8. The molecule has 43 heavy (non-hydrogen) atoms. The molecule has 0 unspecified atom stereocenters. The SMILES string of the molecule is CC(C)c1cc(-c2nccc3c2CCc2cnccc2-3)[c-]c2ccccc12.CCC(CC)C(=O)/C=C(\O)C(CC)CC.[Ir]. The largest absolute Gasteiger partial charge is 0.512 e. The molecular weight excluding hydrogens is 709 g/mol. The Hall–Kier alpha value is -3.14. The Morgan fingerprint density at radius 3 is 2.28 bits per heavy atom. The van der Waals surface area contributed by atoms with Crippen LogP contribution in [-0.4, -0.2) is 20.9 Å². The second-order valence-electron chi connectivity index (χ2n) is 11.6. The maximum Gasteiger partial charge on any atom is 0.162 e. The van der Waals surface area contributed by atoms with E-state index >= 15 is 0 Å². The first-order valence-corrected chi connectivity index (χ1v) is 15.6. The second-order valence-corrected chi connectivity index (χ2v) is 11.6. The van der Waals surface area contributed by atoms with Crippen molar-refractivity contribution in [2.24, 2.45) is 11.8 Å². The van der Waals surface area contributed by atoms with Gasteiger partial charge in [0.05, 0.1) is 5.76 Å². The zero-order valence-electron chi connectivity index (χ0n) is 26.4. The van der Waals surface area contributed by atoms with Gasteiger partial charge in [-0.25, -0.2) is 0 Å². The number of pyridine rings is 2. The van der Waals surface area contributed by atoms with Gasteiger partial charge >= 0.3 is 0 Å². The number of nitrogens with zero attached hydrogens (tertiary/aromatic N) is 2. The van der Waals surface area contributed by atoms with Crippen molar-refractivity contribution in [2.45, 2.75) is 86.0 Å². The molecule has 1 radical (unpaired) electrons. The summed E-state index contributed by atoms with van der Waals surface area (Å²) in [6, 6.07) is 18.7. The summed E-state index contributed by atoms with van der Waals surface area (Å²) >= 11 is 0. The van der Waals surface area contributed by atoms with Crippen molar-refractivity contribution in [1.82, 2.24) is 9.97 Å². The van der Waals surface area contributed by atoms with Crippen LogP contribution in [-0.2, 0) is 37.7 Å². The van der Waals surface area contributed by atoms with Crippen LogP contribution in [0.1, 0.15) is 89.8 Å². The molecule has 1 aliphatic carbocycles. The smallest absolute Gasteiger partial charge is 0.162 e. The van der Waals surface area contributed by atoms with Crippen LogP contribution in [0.2, 0.25) is 0 Å². The molecule has 1 aliphatic rings. The molecule has 0 saturated heterocycles. The molecule has 0 spiro atoms. The molecule has 1 N–H and O–H groups in total. The van der Waals surface area contributed by atoms with Crippen LogP contribution in [0.15, 0.2) is 72.9 Å². The van der Waals surface area contributed by atoms with Gasteiger partial charge in [-0.3, -0.25) is 14.8 Å². The number of aromatic nitrogens is 2. The third-order valence-electron chi connectivity index (χ3n) is 8.66. The molecule has 2 aromatic carbocycles. The van der Waals surface area contributed by atoms with Crippen LogP contribution in [0.4, 0.5) is 0 Å². The Bertz CT molecular complexity index is 1550. The summed E-state index contributed by atoms with van der Waals surface area (Å²) in [5.41, 5.74) is 8.77. The third-order valence-corrected chi connectivity index (χ3v) is 8.66. The third kappa shape index (κ3) is 7.88. The first kappa shape index (κ1) is 34.4. The molecule has 0 bridgehead atoms. The molecule has 2 heterocycles. The van der Waals surface area contributed by atoms with Gasteiger partial charge in [0.15, 0.2) is 5.78 Å². The van der Waals surface area contributed by atoms with Crippen LogP contribution in [0.3, 0.4) is 0 Å². The molecule has 0 fully saturated rings. The summed E-state index contributed by atoms with van der Waals surface area (Å²) in [6.45, 7) is 12.6. The van der Waals surface area contributed by atoms with Crippen LogP contribution in [0.25, 0.3) is 33.2 Å². The van der Waals surface area contributed by atoms with Crippen LogP contribution in [0, 0.1) is 17.9 Å². The quantitative estimate of drug-likeness (QED) is 0.105. The van der Waals surface area contributed by atoms with E-state index in [1.165, 1.54) is 44.7 Å². The number of ketones is 1. The summed E-state index contributed by atoms with van der Waals surface area (Å²) in [5.74, 6) is 1.00. The number of fused-ring (bicyclic) bond motifs is 4. The minimum absolute atomic E-state index is 0. The fourth-order valence-corrected chi connectivity index (χ4v) is 6.02. The predicted molar refractivity (Wildman–Crippen MR) is 175 cm³/mol. The van der Waals surface area contributed by atoms with Gasteiger partial charge in [0, 0.05) is 62.3 Å². The molecule has 229 valence electrons. The van der Waals surface area contributed by atoms with E-state index < -0.39 is 0 Å². The normalized spacial score (nSPS) is 12.4. The summed E-state index contributed by atoms with van der Waals surface area (Å²) in [4.78, 5) is 20.8. The van der Waals surface area contributed by atoms with Crippen molar-refractivity contribution in [3.8, 4) is 22.4 Å². The molecular formula is C38H45IrN2O2-. The number of carbonyl (C=O) groups is 1. The van der Waals surface area contributed by atoms with Crippen molar-refractivity contribution in [1.29, 1.82) is 0 Å². The van der Waals surface area contributed by atoms with E-state index in [1.54, 1.807) is 0 Å². The Balaban J connectivity index is 0.000000274. The number of hydrogen-bond donors (Lipinski definition) is 1. The van der Waals surface area contributed by atoms with Gasteiger partial charge in [-0.15, -0.1) is 29.1 Å². The number of hydrogen-bond acceptors (Lipinski definition) is 4. The molecule has 4 aromatic rings. The van der Waals surface area contributed by atoms with Gasteiger partial charge in [-0.05, 0) is 78.8 Å². The van der Waals surface area contributed by atoms with E-state index in [1.807, 2.05) is 46.3 Å². The molecule has 5 rings (SSSR count). The summed E-state index contributed by atoms with van der Waals surface area (Å²) in [5, 5.41) is 12.2. The van der Waals surface area contributed by atoms with Crippen LogP contribution < -0.4 is 0 Å². The Labute approximate surface area is 271 Å². The van der Waals surface area contributed by atoms with E-state index in [0.717, 1.165) is 49.8 Å². The molecule has 4 nitrogen and oxygen atoms in total. The summed E-state index contributed by atoms with van der Waals surface area (Å²) < 4.78 is 0. The molecule has 2 aromatic heterocycles. The van der Waals surface area contributed by atoms with Crippen molar-refractivity contribution in [3.05, 3.63) is 95.6 Å². The van der Waals surface area contributed by atoms with Crippen LogP contribution in [0.5, 0.6) is 0 Å². The Morgan fingerprint density at radius 2 is 1.60 bits per heavy atom. The van der Waals surface area contributed by atoms with Gasteiger partial charge in [0.2, 0.25) is 0 Å². The number of aliphatic hydroxyl groups excluding tert-OH is 1. The van der Waals surface area contributed by atoms with Crippen molar-refractivity contribution < 1.29 is 30.0 Å². The first-order chi connectivity index (χ1) is 20.3. The molecule has 5 heteroatoms. The average Bonchev–Trinajstić information content (AvgIpc) is 3.01. The molecule has 0 amide bonds. The number of aryl methyl sites for hydroxylation is 1. The van der Waals surface area contributed by atoms with Crippen molar-refractivity contribution >= 4 is 16.6 Å². The van der Waals surface area contributed by atoms with Gasteiger partial charge in [-0.2, -0.15) is 0 Å². The number of aliphatic hydroxyl groups is 1. The fraction of sp³-hybridized carbons (Fsp3) is 0.395. The Morgan fingerprint density at radius 1 is 0.930 bits per heavy atom. The van der Waals surface area contributed by atoms with Crippen molar-refractivity contribution in [2.75, 3.05) is 0 Å². The van der Waals surface area contributed by atoms with Gasteiger partial charge in [0.25, 0.3) is 0 Å². The molecule has 0 atom stereocenters. The molecule has 0 aliphatic heterocycles. The second kappa shape index (κ2) is 16.1. The average molecular weight is 754 g/mol. The first-order valence-electron chi connectivity index (χ1n) is 15.6. The zero-order valence-corrected chi connectivity index (χ0v) is 28.8. The van der Waals surface area contributed by atoms with E-state index in [9.17, 15) is 9.90 Å². The monoisotopic (exact) mass is 754 g/mol. The van der Waals surface area contributed by atoms with E-state index in [2.05, 4.69) is 67.4 Å². The van der Waals surface area contributed by atoms with Crippen molar-refractivity contribution in [3.63, 3.8) is 0 Å². The molecule has 0 saturated carbocycles. The van der Waals surface area contributed by atoms with E-state index in [-0.39, 0.29) is 43.5 Å². The number of benzene rings is 2. The fourth-order valence-electron chi connectivity index (χ4n) is 6.02. The minimum Gasteiger partial charge on any atom is -0.512 e. The summed E-state index contributed by atoms with van der Waals surface area (Å²) in [7, 11) is 0. The predicted octanol–water partition coefficient (Wildman–Crippen LogP) is 9.85. The van der Waals surface area contributed by atoms with Gasteiger partial charge in [0.1, 0.15) is 0 Å². The minimum atomic E-state index is 0. The van der Waals surface area contributed by atoms with E-state index in [4.69, 9.17) is 4.98 Å². The number of carbonyl (C=O) groups excluding carboxylic acids is 1. The topological polar surface area (TPSA) is 63.1 Å². The number of allylic oxidation sites excluding steroid dienone is 2. The van der Waals surface area contributed by atoms with Crippen LogP contribution >= 0.6 is 0 Å². The standard InChI is InChI=1S/C25H21N2.C13H24O2.Ir/c1-16(2)24-14-19(13-17-5-3-4-6-20(17)24)25-23-8-7-18-15-26-11-9-21(18)22(23)10-12-27-25;1-5-10(6-2)12(14)9-13(15)11(7-3)8-4;/h3-6,9-12,14-16H,7-8H2,1-2H3;9-11,14H,5-8H2,1-4H3;/q-1;;/b;12-9-;. The number of rotatable bonds is 9. The zero-order chi connectivity index (χ0) is 30.2.